The predicted molar refractivity (Wildman–Crippen MR) is 102 cm³/mol. The summed E-state index contributed by atoms with van der Waals surface area (Å²) in [6.07, 6.45) is 4.08. The van der Waals surface area contributed by atoms with E-state index in [1.54, 1.807) is 10.9 Å². The van der Waals surface area contributed by atoms with E-state index in [0.29, 0.717) is 13.0 Å². The van der Waals surface area contributed by atoms with E-state index in [2.05, 4.69) is 20.4 Å². The van der Waals surface area contributed by atoms with E-state index in [1.165, 1.54) is 0 Å². The molecule has 6 nitrogen and oxygen atoms in total. The van der Waals surface area contributed by atoms with Gasteiger partial charge in [-0.1, -0.05) is 24.3 Å². The molecule has 2 N–H and O–H groups in total. The van der Waals surface area contributed by atoms with Gasteiger partial charge in [0.1, 0.15) is 5.82 Å². The van der Waals surface area contributed by atoms with Crippen molar-refractivity contribution in [3.63, 3.8) is 0 Å². The van der Waals surface area contributed by atoms with Crippen molar-refractivity contribution in [1.29, 1.82) is 0 Å². The molecule has 6 heteroatoms. The lowest BCUT2D eigenvalue weighted by molar-refractivity contribution is -0.116. The molecular weight excluding hydrogens is 326 g/mol. The number of amides is 1. The fraction of sp³-hybridized carbons (Fsp3) is 0.150. The minimum atomic E-state index is -0.0418. The van der Waals surface area contributed by atoms with Crippen molar-refractivity contribution >= 4 is 22.6 Å². The molecule has 0 saturated heterocycles. The largest absolute Gasteiger partial charge is 0.338 e. The third-order valence-electron chi connectivity index (χ3n) is 4.14. The number of hydrogen-bond donors (Lipinski definition) is 2. The Morgan fingerprint density at radius 2 is 2.08 bits per heavy atom. The van der Waals surface area contributed by atoms with E-state index in [0.717, 1.165) is 33.7 Å². The molecule has 1 amide bonds. The summed E-state index contributed by atoms with van der Waals surface area (Å²) >= 11 is 0. The first kappa shape index (κ1) is 16.1. The van der Waals surface area contributed by atoms with E-state index < -0.39 is 0 Å². The second-order valence-corrected chi connectivity index (χ2v) is 6.26. The van der Waals surface area contributed by atoms with Crippen LogP contribution in [-0.2, 0) is 11.3 Å². The number of imidazole rings is 1. The smallest absolute Gasteiger partial charge is 0.226 e. The Morgan fingerprint density at radius 3 is 2.88 bits per heavy atom. The molecule has 2 aromatic heterocycles. The van der Waals surface area contributed by atoms with Gasteiger partial charge in [-0.3, -0.25) is 9.48 Å². The van der Waals surface area contributed by atoms with Crippen LogP contribution in [-0.4, -0.2) is 25.7 Å². The summed E-state index contributed by atoms with van der Waals surface area (Å²) in [6, 6.07) is 15.6. The SMILES string of the molecule is Cc1cnn(CCC(=O)Nc2cccc(-c3nc4ccccc4[nH]3)c2)c1. The Balaban J connectivity index is 1.46. The molecule has 2 heterocycles. The van der Waals surface area contributed by atoms with Crippen LogP contribution in [0.5, 0.6) is 0 Å². The standard InChI is InChI=1S/C20H19N5O/c1-14-12-21-25(13-14)10-9-19(26)22-16-6-4-5-15(11-16)20-23-17-7-2-3-8-18(17)24-20/h2-8,11-13H,9-10H2,1H3,(H,22,26)(H,23,24). The van der Waals surface area contributed by atoms with Crippen LogP contribution in [0.25, 0.3) is 22.4 Å². The van der Waals surface area contributed by atoms with Crippen LogP contribution in [0.4, 0.5) is 5.69 Å². The van der Waals surface area contributed by atoms with Crippen molar-refractivity contribution in [2.45, 2.75) is 19.9 Å². The minimum Gasteiger partial charge on any atom is -0.338 e. The Bertz CT molecular complexity index is 1030. The van der Waals surface area contributed by atoms with Gasteiger partial charge in [-0.2, -0.15) is 5.10 Å². The fourth-order valence-corrected chi connectivity index (χ4v) is 2.86. The number of aromatic nitrogens is 4. The lowest BCUT2D eigenvalue weighted by Crippen LogP contribution is -2.14. The highest BCUT2D eigenvalue weighted by atomic mass is 16.1. The minimum absolute atomic E-state index is 0.0418. The van der Waals surface area contributed by atoms with Crippen molar-refractivity contribution in [2.75, 3.05) is 5.32 Å². The van der Waals surface area contributed by atoms with E-state index in [9.17, 15) is 4.79 Å². The number of H-pyrrole nitrogens is 1. The van der Waals surface area contributed by atoms with Crippen molar-refractivity contribution in [3.8, 4) is 11.4 Å². The molecular formula is C20H19N5O. The average molecular weight is 345 g/mol. The second-order valence-electron chi connectivity index (χ2n) is 6.26. The van der Waals surface area contributed by atoms with Gasteiger partial charge < -0.3 is 10.3 Å². The van der Waals surface area contributed by atoms with E-state index in [-0.39, 0.29) is 5.91 Å². The molecule has 26 heavy (non-hydrogen) atoms. The number of nitrogens with one attached hydrogen (secondary N) is 2. The molecule has 4 aromatic rings. The summed E-state index contributed by atoms with van der Waals surface area (Å²) in [7, 11) is 0. The number of rotatable bonds is 5. The molecule has 0 atom stereocenters. The number of carbonyl (C=O) groups excluding carboxylic acids is 1. The average Bonchev–Trinajstić information content (AvgIpc) is 3.26. The van der Waals surface area contributed by atoms with Gasteiger partial charge in [0.2, 0.25) is 5.91 Å². The first-order chi connectivity index (χ1) is 12.7. The Kier molecular flexibility index (Phi) is 4.23. The third-order valence-corrected chi connectivity index (χ3v) is 4.14. The number of aromatic amines is 1. The highest BCUT2D eigenvalue weighted by Gasteiger charge is 2.08. The Hall–Kier alpha value is -3.41. The van der Waals surface area contributed by atoms with Gasteiger partial charge >= 0.3 is 0 Å². The zero-order valence-corrected chi connectivity index (χ0v) is 14.4. The number of carbonyl (C=O) groups is 1. The Labute approximate surface area is 150 Å². The van der Waals surface area contributed by atoms with E-state index in [1.807, 2.05) is 61.7 Å². The van der Waals surface area contributed by atoms with Crippen LogP contribution < -0.4 is 5.32 Å². The van der Waals surface area contributed by atoms with Gasteiger partial charge in [-0.15, -0.1) is 0 Å². The van der Waals surface area contributed by atoms with Gasteiger partial charge in [-0.25, -0.2) is 4.98 Å². The maximum absolute atomic E-state index is 12.2. The first-order valence-electron chi connectivity index (χ1n) is 8.51. The molecule has 0 saturated carbocycles. The molecule has 0 aliphatic rings. The van der Waals surface area contributed by atoms with Crippen LogP contribution in [0.15, 0.2) is 60.9 Å². The third kappa shape index (κ3) is 3.49. The van der Waals surface area contributed by atoms with Gasteiger partial charge in [0.25, 0.3) is 0 Å². The highest BCUT2D eigenvalue weighted by molar-refractivity contribution is 5.91. The maximum Gasteiger partial charge on any atom is 0.226 e. The monoisotopic (exact) mass is 345 g/mol. The van der Waals surface area contributed by atoms with Crippen LogP contribution in [0.2, 0.25) is 0 Å². The molecule has 0 unspecified atom stereocenters. The van der Waals surface area contributed by atoms with Crippen LogP contribution in [0, 0.1) is 6.92 Å². The van der Waals surface area contributed by atoms with E-state index in [4.69, 9.17) is 0 Å². The normalized spacial score (nSPS) is 11.0. The van der Waals surface area contributed by atoms with Crippen LogP contribution in [0.1, 0.15) is 12.0 Å². The number of anilines is 1. The van der Waals surface area contributed by atoms with Gasteiger partial charge in [0.15, 0.2) is 0 Å². The van der Waals surface area contributed by atoms with Crippen molar-refractivity contribution in [2.24, 2.45) is 0 Å². The van der Waals surface area contributed by atoms with Crippen molar-refractivity contribution in [3.05, 3.63) is 66.5 Å². The molecule has 0 aliphatic heterocycles. The van der Waals surface area contributed by atoms with Crippen molar-refractivity contribution < 1.29 is 4.79 Å². The highest BCUT2D eigenvalue weighted by Crippen LogP contribution is 2.23. The van der Waals surface area contributed by atoms with Gasteiger partial charge in [-0.05, 0) is 36.8 Å². The quantitative estimate of drug-likeness (QED) is 0.578. The number of para-hydroxylation sites is 2. The molecule has 4 rings (SSSR count). The summed E-state index contributed by atoms with van der Waals surface area (Å²) in [5.74, 6) is 0.745. The summed E-state index contributed by atoms with van der Waals surface area (Å²) in [6.45, 7) is 2.54. The number of nitrogens with zero attached hydrogens (tertiary/aromatic N) is 3. The van der Waals surface area contributed by atoms with Crippen LogP contribution in [0.3, 0.4) is 0 Å². The lowest BCUT2D eigenvalue weighted by atomic mass is 10.2. The molecule has 2 aromatic carbocycles. The topological polar surface area (TPSA) is 75.6 Å². The number of fused-ring (bicyclic) bond motifs is 1. The molecule has 0 spiro atoms. The number of hydrogen-bond acceptors (Lipinski definition) is 3. The van der Waals surface area contributed by atoms with Gasteiger partial charge in [0.05, 0.1) is 17.2 Å². The molecule has 0 fully saturated rings. The number of benzene rings is 2. The Morgan fingerprint density at radius 1 is 1.19 bits per heavy atom. The fourth-order valence-electron chi connectivity index (χ4n) is 2.86. The zero-order chi connectivity index (χ0) is 17.9. The summed E-state index contributed by atoms with van der Waals surface area (Å²) in [4.78, 5) is 20.1. The zero-order valence-electron chi connectivity index (χ0n) is 14.4. The molecule has 0 aliphatic carbocycles. The molecule has 0 radical (unpaired) electrons. The number of aryl methyl sites for hydroxylation is 2. The second kappa shape index (κ2) is 6.84. The van der Waals surface area contributed by atoms with E-state index >= 15 is 0 Å². The summed E-state index contributed by atoms with van der Waals surface area (Å²) in [5, 5.41) is 7.13. The predicted octanol–water partition coefficient (Wildman–Crippen LogP) is 3.76. The van der Waals surface area contributed by atoms with Crippen molar-refractivity contribution in [1.82, 2.24) is 19.7 Å². The lowest BCUT2D eigenvalue weighted by Gasteiger charge is -2.07. The van der Waals surface area contributed by atoms with Gasteiger partial charge in [0, 0.05) is 30.4 Å². The van der Waals surface area contributed by atoms with Crippen LogP contribution >= 0.6 is 0 Å². The first-order valence-corrected chi connectivity index (χ1v) is 8.51. The maximum atomic E-state index is 12.2. The summed E-state index contributed by atoms with van der Waals surface area (Å²) < 4.78 is 1.78. The molecule has 0 bridgehead atoms. The molecule has 130 valence electrons. The summed E-state index contributed by atoms with van der Waals surface area (Å²) in [5.41, 5.74) is 4.69.